The normalized spacial score (nSPS) is 13.4. The molecule has 0 aliphatic carbocycles. The average Bonchev–Trinajstić information content (AvgIpc) is 3.13. The van der Waals surface area contributed by atoms with Crippen LogP contribution < -0.4 is 5.32 Å². The first-order valence-electron chi connectivity index (χ1n) is 8.75. The van der Waals surface area contributed by atoms with Crippen molar-refractivity contribution in [2.24, 2.45) is 0 Å². The number of carbonyl (C=O) groups excluding carboxylic acids is 1. The molecule has 3 aromatic rings. The Hall–Kier alpha value is -2.93. The highest BCUT2D eigenvalue weighted by atomic mass is 19.2. The predicted molar refractivity (Wildman–Crippen MR) is 95.4 cm³/mol. The molecule has 1 aromatic carbocycles. The van der Waals surface area contributed by atoms with Gasteiger partial charge in [0.1, 0.15) is 5.69 Å². The van der Waals surface area contributed by atoms with E-state index in [0.717, 1.165) is 37.3 Å². The summed E-state index contributed by atoms with van der Waals surface area (Å²) in [5.74, 6) is -1.90. The molecule has 0 saturated heterocycles. The van der Waals surface area contributed by atoms with Gasteiger partial charge in [0.2, 0.25) is 0 Å². The topological polar surface area (TPSA) is 59.8 Å². The molecule has 5 nitrogen and oxygen atoms in total. The largest absolute Gasteiger partial charge is 0.332 e. The number of aromatic nitrogens is 3. The van der Waals surface area contributed by atoms with Gasteiger partial charge < -0.3 is 9.88 Å². The van der Waals surface area contributed by atoms with Crippen molar-refractivity contribution in [2.75, 3.05) is 6.54 Å². The first-order chi connectivity index (χ1) is 13.1. The van der Waals surface area contributed by atoms with Gasteiger partial charge in [-0.1, -0.05) is 6.07 Å². The van der Waals surface area contributed by atoms with E-state index in [2.05, 4.69) is 15.3 Å². The van der Waals surface area contributed by atoms with Gasteiger partial charge in [-0.2, -0.15) is 0 Å². The second-order valence-electron chi connectivity index (χ2n) is 6.65. The van der Waals surface area contributed by atoms with Crippen LogP contribution >= 0.6 is 0 Å². The van der Waals surface area contributed by atoms with E-state index in [1.54, 1.807) is 10.8 Å². The van der Waals surface area contributed by atoms with Gasteiger partial charge in [-0.25, -0.2) is 13.8 Å². The lowest BCUT2D eigenvalue weighted by Crippen LogP contribution is -2.24. The van der Waals surface area contributed by atoms with Gasteiger partial charge in [-0.15, -0.1) is 0 Å². The molecule has 0 bridgehead atoms. The van der Waals surface area contributed by atoms with Gasteiger partial charge in [-0.05, 0) is 47.9 Å². The van der Waals surface area contributed by atoms with Crippen LogP contribution in [0.15, 0.2) is 43.0 Å². The molecule has 4 rings (SSSR count). The molecule has 1 aliphatic rings. The highest BCUT2D eigenvalue weighted by Gasteiger charge is 2.15. The van der Waals surface area contributed by atoms with Crippen molar-refractivity contribution in [1.29, 1.82) is 0 Å². The number of imidazole rings is 1. The summed E-state index contributed by atoms with van der Waals surface area (Å²) in [7, 11) is 0. The molecular formula is C20H18F2N4O. The number of pyridine rings is 1. The fraction of sp³-hybridized carbons (Fsp3) is 0.250. The molecule has 7 heteroatoms. The van der Waals surface area contributed by atoms with Gasteiger partial charge >= 0.3 is 0 Å². The number of fused-ring (bicyclic) bond motifs is 1. The molecule has 3 heterocycles. The average molecular weight is 368 g/mol. The molecule has 0 saturated carbocycles. The smallest absolute Gasteiger partial charge is 0.188 e. The summed E-state index contributed by atoms with van der Waals surface area (Å²) in [5.41, 5.74) is 4.06. The third kappa shape index (κ3) is 3.93. The summed E-state index contributed by atoms with van der Waals surface area (Å²) >= 11 is 0. The second kappa shape index (κ2) is 7.36. The summed E-state index contributed by atoms with van der Waals surface area (Å²) in [6, 6.07) is 5.73. The maximum absolute atomic E-state index is 13.3. The second-order valence-corrected chi connectivity index (χ2v) is 6.65. The Morgan fingerprint density at radius 2 is 2.04 bits per heavy atom. The Bertz CT molecular complexity index is 999. The van der Waals surface area contributed by atoms with Crippen LogP contribution in [-0.4, -0.2) is 26.9 Å². The van der Waals surface area contributed by atoms with Gasteiger partial charge in [0, 0.05) is 31.2 Å². The third-order valence-electron chi connectivity index (χ3n) is 4.64. The Balaban J connectivity index is 1.44. The van der Waals surface area contributed by atoms with Gasteiger partial charge in [0.25, 0.3) is 0 Å². The summed E-state index contributed by atoms with van der Waals surface area (Å²) in [4.78, 5) is 21.0. The first kappa shape index (κ1) is 17.5. The predicted octanol–water partition coefficient (Wildman–Crippen LogP) is 2.68. The molecule has 0 atom stereocenters. The SMILES string of the molecule is O=C(Cc1cc2c(cn1)CNCC2)c1cn(Cc2ccc(F)c(F)c2)cn1. The molecule has 138 valence electrons. The first-order valence-corrected chi connectivity index (χ1v) is 8.75. The zero-order valence-corrected chi connectivity index (χ0v) is 14.6. The Labute approximate surface area is 155 Å². The molecule has 27 heavy (non-hydrogen) atoms. The fourth-order valence-corrected chi connectivity index (χ4v) is 3.20. The van der Waals surface area contributed by atoms with E-state index in [-0.39, 0.29) is 12.2 Å². The fourth-order valence-electron chi connectivity index (χ4n) is 3.20. The number of nitrogens with zero attached hydrogens (tertiary/aromatic N) is 3. The molecule has 0 amide bonds. The van der Waals surface area contributed by atoms with Crippen LogP contribution in [0.3, 0.4) is 0 Å². The number of Topliss-reactive ketones (excluding diaryl/α,β-unsaturated/α-hetero) is 1. The number of hydrogen-bond donors (Lipinski definition) is 1. The highest BCUT2D eigenvalue weighted by molar-refractivity contribution is 5.95. The van der Waals surface area contributed by atoms with Crippen LogP contribution in [0.1, 0.15) is 32.9 Å². The van der Waals surface area contributed by atoms with Crippen molar-refractivity contribution < 1.29 is 13.6 Å². The summed E-state index contributed by atoms with van der Waals surface area (Å²) < 4.78 is 28.0. The zero-order chi connectivity index (χ0) is 18.8. The summed E-state index contributed by atoms with van der Waals surface area (Å²) in [6.07, 6.45) is 6.07. The van der Waals surface area contributed by atoms with Gasteiger partial charge in [0.05, 0.1) is 12.7 Å². The molecular weight excluding hydrogens is 350 g/mol. The van der Waals surface area contributed by atoms with Crippen molar-refractivity contribution in [3.8, 4) is 0 Å². The van der Waals surface area contributed by atoms with E-state index >= 15 is 0 Å². The van der Waals surface area contributed by atoms with Gasteiger partial charge in [-0.3, -0.25) is 9.78 Å². The Kier molecular flexibility index (Phi) is 4.77. The number of nitrogens with one attached hydrogen (secondary N) is 1. The maximum atomic E-state index is 13.3. The van der Waals surface area contributed by atoms with E-state index in [4.69, 9.17) is 0 Å². The van der Waals surface area contributed by atoms with E-state index in [1.807, 2.05) is 12.3 Å². The van der Waals surface area contributed by atoms with Crippen LogP contribution in [0.25, 0.3) is 0 Å². The number of halogens is 2. The summed E-state index contributed by atoms with van der Waals surface area (Å²) in [6.45, 7) is 2.05. The quantitative estimate of drug-likeness (QED) is 0.704. The number of hydrogen-bond acceptors (Lipinski definition) is 4. The number of ketones is 1. The van der Waals surface area contributed by atoms with E-state index in [1.165, 1.54) is 23.5 Å². The number of carbonyl (C=O) groups is 1. The zero-order valence-electron chi connectivity index (χ0n) is 14.6. The molecule has 2 aromatic heterocycles. The lowest BCUT2D eigenvalue weighted by Gasteiger charge is -2.16. The van der Waals surface area contributed by atoms with Crippen molar-refractivity contribution in [2.45, 2.75) is 25.9 Å². The molecule has 0 unspecified atom stereocenters. The Morgan fingerprint density at radius 1 is 1.15 bits per heavy atom. The highest BCUT2D eigenvalue weighted by Crippen LogP contribution is 2.15. The minimum absolute atomic E-state index is 0.125. The van der Waals surface area contributed by atoms with Crippen LogP contribution in [0, 0.1) is 11.6 Å². The van der Waals surface area contributed by atoms with Crippen molar-refractivity contribution in [1.82, 2.24) is 19.9 Å². The lowest BCUT2D eigenvalue weighted by atomic mass is 10.0. The standard InChI is InChI=1S/C20H18F2N4O/c21-17-2-1-13(5-18(17)22)10-26-11-19(25-12-26)20(27)7-16-6-14-3-4-23-8-15(14)9-24-16/h1-2,5-6,9,11-12,23H,3-4,7-8,10H2. The molecule has 0 spiro atoms. The Morgan fingerprint density at radius 3 is 2.89 bits per heavy atom. The molecule has 1 aliphatic heterocycles. The van der Waals surface area contributed by atoms with Crippen LogP contribution in [-0.2, 0) is 25.9 Å². The van der Waals surface area contributed by atoms with Crippen LogP contribution in [0.4, 0.5) is 8.78 Å². The maximum Gasteiger partial charge on any atom is 0.188 e. The van der Waals surface area contributed by atoms with E-state index in [0.29, 0.717) is 17.8 Å². The lowest BCUT2D eigenvalue weighted by molar-refractivity contribution is 0.0987. The molecule has 0 radical (unpaired) electrons. The molecule has 1 N–H and O–H groups in total. The molecule has 0 fully saturated rings. The van der Waals surface area contributed by atoms with E-state index < -0.39 is 11.6 Å². The monoisotopic (exact) mass is 368 g/mol. The van der Waals surface area contributed by atoms with Crippen molar-refractivity contribution in [3.63, 3.8) is 0 Å². The van der Waals surface area contributed by atoms with Gasteiger partial charge in [0.15, 0.2) is 17.4 Å². The van der Waals surface area contributed by atoms with Crippen molar-refractivity contribution >= 4 is 5.78 Å². The summed E-state index contributed by atoms with van der Waals surface area (Å²) in [5, 5.41) is 3.29. The minimum atomic E-state index is -0.891. The number of rotatable bonds is 5. The van der Waals surface area contributed by atoms with Crippen molar-refractivity contribution in [3.05, 3.63) is 82.7 Å². The third-order valence-corrected chi connectivity index (χ3v) is 4.64. The number of benzene rings is 1. The van der Waals surface area contributed by atoms with Crippen LogP contribution in [0.5, 0.6) is 0 Å². The van der Waals surface area contributed by atoms with Crippen LogP contribution in [0.2, 0.25) is 0 Å². The van der Waals surface area contributed by atoms with E-state index in [9.17, 15) is 13.6 Å². The minimum Gasteiger partial charge on any atom is -0.332 e.